The van der Waals surface area contributed by atoms with E-state index in [1.165, 1.54) is 6.26 Å². The van der Waals surface area contributed by atoms with Crippen LogP contribution in [0.15, 0.2) is 12.8 Å². The molecule has 0 aliphatic rings. The van der Waals surface area contributed by atoms with Gasteiger partial charge in [-0.25, -0.2) is 0 Å². The average Bonchev–Trinajstić information content (AvgIpc) is 1.89. The predicted octanol–water partition coefficient (Wildman–Crippen LogP) is -2.73. The summed E-state index contributed by atoms with van der Waals surface area (Å²) in [4.78, 5) is 0. The molecule has 4 heteroatoms. The monoisotopic (exact) mass is 156 g/mol. The molecule has 10 heavy (non-hydrogen) atoms. The Labute approximate surface area is 84.8 Å². The second-order valence-electron chi connectivity index (χ2n) is 1.37. The molecule has 56 valence electrons. The number of rotatable bonds is 6. The molecule has 0 radical (unpaired) electrons. The molecule has 0 rings (SSSR count). The van der Waals surface area contributed by atoms with Gasteiger partial charge >= 0.3 is 29.6 Å². The summed E-state index contributed by atoms with van der Waals surface area (Å²) in [5.41, 5.74) is 0. The molecule has 0 bridgehead atoms. The first kappa shape index (κ1) is 13.1. The SMILES string of the molecule is C=COCCOCCO.[H-].[Na+]. The largest absolute Gasteiger partial charge is 1.00 e. The van der Waals surface area contributed by atoms with E-state index in [-0.39, 0.29) is 37.6 Å². The minimum Gasteiger partial charge on any atom is -1.00 e. The van der Waals surface area contributed by atoms with Crippen LogP contribution in [0.4, 0.5) is 0 Å². The van der Waals surface area contributed by atoms with Gasteiger partial charge < -0.3 is 16.0 Å². The first-order valence-corrected chi connectivity index (χ1v) is 2.83. The topological polar surface area (TPSA) is 38.7 Å². The quantitative estimate of drug-likeness (QED) is 0.258. The molecule has 0 fully saturated rings. The minimum atomic E-state index is 0. The van der Waals surface area contributed by atoms with E-state index in [4.69, 9.17) is 14.6 Å². The molecular weight excluding hydrogens is 143 g/mol. The van der Waals surface area contributed by atoms with Crippen LogP contribution in [0.3, 0.4) is 0 Å². The van der Waals surface area contributed by atoms with E-state index < -0.39 is 0 Å². The molecular formula is C6H13NaO3. The molecule has 0 aromatic heterocycles. The van der Waals surface area contributed by atoms with Crippen LogP contribution >= 0.6 is 0 Å². The van der Waals surface area contributed by atoms with Gasteiger partial charge in [0, 0.05) is 0 Å². The number of aliphatic hydroxyl groups excluding tert-OH is 1. The van der Waals surface area contributed by atoms with E-state index in [1.807, 2.05) is 0 Å². The average molecular weight is 156 g/mol. The van der Waals surface area contributed by atoms with E-state index in [2.05, 4.69) is 6.58 Å². The zero-order chi connectivity index (χ0) is 6.95. The fourth-order valence-electron chi connectivity index (χ4n) is 0.357. The third-order valence-electron chi connectivity index (χ3n) is 0.699. The van der Waals surface area contributed by atoms with Crippen molar-refractivity contribution in [1.82, 2.24) is 0 Å². The summed E-state index contributed by atoms with van der Waals surface area (Å²) in [5.74, 6) is 0. The summed E-state index contributed by atoms with van der Waals surface area (Å²) in [6.45, 7) is 4.80. The van der Waals surface area contributed by atoms with E-state index in [0.29, 0.717) is 19.8 Å². The van der Waals surface area contributed by atoms with Crippen LogP contribution in [0.2, 0.25) is 0 Å². The Kier molecular flexibility index (Phi) is 15.9. The van der Waals surface area contributed by atoms with Gasteiger partial charge in [0.05, 0.1) is 26.1 Å². The van der Waals surface area contributed by atoms with Crippen LogP contribution < -0.4 is 29.6 Å². The Morgan fingerprint density at radius 2 is 2.10 bits per heavy atom. The van der Waals surface area contributed by atoms with Gasteiger partial charge in [-0.15, -0.1) is 0 Å². The second kappa shape index (κ2) is 12.2. The van der Waals surface area contributed by atoms with Crippen molar-refractivity contribution in [3.05, 3.63) is 12.8 Å². The fourth-order valence-corrected chi connectivity index (χ4v) is 0.357. The number of hydrogen-bond donors (Lipinski definition) is 1. The molecule has 1 N–H and O–H groups in total. The maximum atomic E-state index is 8.24. The Balaban J connectivity index is -0.000000320. The molecule has 0 heterocycles. The minimum absolute atomic E-state index is 0. The summed E-state index contributed by atoms with van der Waals surface area (Å²) >= 11 is 0. The van der Waals surface area contributed by atoms with Gasteiger partial charge in [0.25, 0.3) is 0 Å². The molecule has 3 nitrogen and oxygen atoms in total. The number of ether oxygens (including phenoxy) is 2. The van der Waals surface area contributed by atoms with E-state index in [0.717, 1.165) is 0 Å². The summed E-state index contributed by atoms with van der Waals surface area (Å²) in [6, 6.07) is 0. The van der Waals surface area contributed by atoms with Gasteiger partial charge in [-0.1, -0.05) is 6.58 Å². The number of hydrogen-bond acceptors (Lipinski definition) is 3. The zero-order valence-electron chi connectivity index (χ0n) is 7.38. The van der Waals surface area contributed by atoms with E-state index in [1.54, 1.807) is 0 Å². The molecule has 0 saturated heterocycles. The predicted molar refractivity (Wildman–Crippen MR) is 35.2 cm³/mol. The van der Waals surface area contributed by atoms with Crippen molar-refractivity contribution >= 4 is 0 Å². The van der Waals surface area contributed by atoms with Gasteiger partial charge in [-0.3, -0.25) is 0 Å². The molecule has 0 saturated carbocycles. The maximum Gasteiger partial charge on any atom is 1.00 e. The van der Waals surface area contributed by atoms with Crippen LogP contribution in [0.25, 0.3) is 0 Å². The van der Waals surface area contributed by atoms with Crippen molar-refractivity contribution in [2.75, 3.05) is 26.4 Å². The van der Waals surface area contributed by atoms with Crippen LogP contribution in [0.5, 0.6) is 0 Å². The van der Waals surface area contributed by atoms with E-state index >= 15 is 0 Å². The van der Waals surface area contributed by atoms with Crippen molar-refractivity contribution in [1.29, 1.82) is 0 Å². The Bertz CT molecular complexity index is 72.8. The summed E-state index contributed by atoms with van der Waals surface area (Å²) in [6.07, 6.45) is 1.36. The molecule has 0 spiro atoms. The molecule has 0 aromatic rings. The molecule has 0 aliphatic heterocycles. The maximum absolute atomic E-state index is 8.24. The van der Waals surface area contributed by atoms with Crippen LogP contribution in [0.1, 0.15) is 1.43 Å². The van der Waals surface area contributed by atoms with Crippen LogP contribution in [-0.4, -0.2) is 31.5 Å². The molecule has 0 amide bonds. The van der Waals surface area contributed by atoms with Gasteiger partial charge in [0.15, 0.2) is 0 Å². The van der Waals surface area contributed by atoms with Crippen molar-refractivity contribution < 1.29 is 45.6 Å². The molecule has 0 aliphatic carbocycles. The summed E-state index contributed by atoms with van der Waals surface area (Å²) < 4.78 is 9.60. The van der Waals surface area contributed by atoms with Crippen LogP contribution in [-0.2, 0) is 9.47 Å². The van der Waals surface area contributed by atoms with Crippen LogP contribution in [0, 0.1) is 0 Å². The standard InChI is InChI=1S/C6H12O3.Na.H/c1-2-8-5-6-9-4-3-7;;/h2,7H,1,3-6H2;;/q;+1;-1. The Hall–Kier alpha value is 0.460. The summed E-state index contributed by atoms with van der Waals surface area (Å²) in [5, 5.41) is 8.24. The normalized spacial score (nSPS) is 8.10. The van der Waals surface area contributed by atoms with Gasteiger partial charge in [0.1, 0.15) is 6.61 Å². The first-order valence-electron chi connectivity index (χ1n) is 2.83. The van der Waals surface area contributed by atoms with E-state index in [9.17, 15) is 0 Å². The van der Waals surface area contributed by atoms with Crippen molar-refractivity contribution in [2.24, 2.45) is 0 Å². The van der Waals surface area contributed by atoms with Gasteiger partial charge in [0.2, 0.25) is 0 Å². The zero-order valence-corrected chi connectivity index (χ0v) is 8.38. The second-order valence-corrected chi connectivity index (χ2v) is 1.37. The molecule has 0 unspecified atom stereocenters. The third kappa shape index (κ3) is 11.3. The van der Waals surface area contributed by atoms with Crippen molar-refractivity contribution in [3.8, 4) is 0 Å². The third-order valence-corrected chi connectivity index (χ3v) is 0.699. The Morgan fingerprint density at radius 1 is 1.40 bits per heavy atom. The molecule has 0 aromatic carbocycles. The fraction of sp³-hybridized carbons (Fsp3) is 0.667. The molecule has 0 atom stereocenters. The Morgan fingerprint density at radius 3 is 2.60 bits per heavy atom. The number of aliphatic hydroxyl groups is 1. The smallest absolute Gasteiger partial charge is 1.00 e. The van der Waals surface area contributed by atoms with Crippen molar-refractivity contribution in [3.63, 3.8) is 0 Å². The van der Waals surface area contributed by atoms with Crippen molar-refractivity contribution in [2.45, 2.75) is 0 Å². The van der Waals surface area contributed by atoms with Gasteiger partial charge in [-0.2, -0.15) is 0 Å². The van der Waals surface area contributed by atoms with Gasteiger partial charge in [-0.05, 0) is 0 Å². The summed E-state index contributed by atoms with van der Waals surface area (Å²) in [7, 11) is 0. The first-order chi connectivity index (χ1) is 4.41.